The largest absolute Gasteiger partial charge is 0.324 e. The number of aromatic nitrogens is 2. The fourth-order valence-electron chi connectivity index (χ4n) is 3.61. The summed E-state index contributed by atoms with van der Waals surface area (Å²) in [4.78, 5) is 0. The van der Waals surface area contributed by atoms with Gasteiger partial charge in [-0.1, -0.05) is 37.0 Å². The van der Waals surface area contributed by atoms with Gasteiger partial charge in [-0.25, -0.2) is 0 Å². The first kappa shape index (κ1) is 11.6. The molecular formula is C13H21N3S. The van der Waals surface area contributed by atoms with Crippen LogP contribution in [0.25, 0.3) is 0 Å². The first-order valence-corrected chi connectivity index (χ1v) is 7.71. The van der Waals surface area contributed by atoms with Crippen LogP contribution in [0.4, 0.5) is 0 Å². The Morgan fingerprint density at radius 3 is 2.65 bits per heavy atom. The van der Waals surface area contributed by atoms with Crippen LogP contribution in [0.5, 0.6) is 0 Å². The molecule has 0 spiro atoms. The SMILES string of the molecule is NCc1nnc(C2CCC3CCCCC3C2)s1. The summed E-state index contributed by atoms with van der Waals surface area (Å²) in [5.74, 6) is 2.65. The van der Waals surface area contributed by atoms with Gasteiger partial charge in [0.25, 0.3) is 0 Å². The highest BCUT2D eigenvalue weighted by Gasteiger charge is 2.33. The highest BCUT2D eigenvalue weighted by molar-refractivity contribution is 7.11. The zero-order valence-electron chi connectivity index (χ0n) is 10.3. The predicted octanol–water partition coefficient (Wildman–Crippen LogP) is 3.07. The van der Waals surface area contributed by atoms with Gasteiger partial charge in [-0.05, 0) is 31.1 Å². The van der Waals surface area contributed by atoms with E-state index in [0.717, 1.165) is 16.8 Å². The highest BCUT2D eigenvalue weighted by Crippen LogP contribution is 2.46. The van der Waals surface area contributed by atoms with Gasteiger partial charge in [0, 0.05) is 12.5 Å². The fourth-order valence-corrected chi connectivity index (χ4v) is 4.48. The maximum Gasteiger partial charge on any atom is 0.131 e. The van der Waals surface area contributed by atoms with Crippen LogP contribution in [0, 0.1) is 11.8 Å². The summed E-state index contributed by atoms with van der Waals surface area (Å²) in [6.07, 6.45) is 9.91. The summed E-state index contributed by atoms with van der Waals surface area (Å²) >= 11 is 1.73. The molecule has 2 fully saturated rings. The topological polar surface area (TPSA) is 51.8 Å². The Bertz CT molecular complexity index is 376. The molecule has 0 radical (unpaired) electrons. The van der Waals surface area contributed by atoms with Crippen LogP contribution < -0.4 is 5.73 Å². The average molecular weight is 251 g/mol. The quantitative estimate of drug-likeness (QED) is 0.879. The molecule has 17 heavy (non-hydrogen) atoms. The lowest BCUT2D eigenvalue weighted by molar-refractivity contribution is 0.155. The van der Waals surface area contributed by atoms with Gasteiger partial charge in [-0.2, -0.15) is 0 Å². The van der Waals surface area contributed by atoms with E-state index in [4.69, 9.17) is 5.73 Å². The Morgan fingerprint density at radius 1 is 1.06 bits per heavy atom. The molecule has 2 aliphatic carbocycles. The maximum atomic E-state index is 5.61. The second-order valence-corrected chi connectivity index (χ2v) is 6.65. The number of rotatable bonds is 2. The molecule has 0 amide bonds. The molecule has 0 aliphatic heterocycles. The van der Waals surface area contributed by atoms with Gasteiger partial charge in [-0.3, -0.25) is 0 Å². The predicted molar refractivity (Wildman–Crippen MR) is 69.8 cm³/mol. The molecule has 4 heteroatoms. The normalized spacial score (nSPS) is 33.4. The Balaban J connectivity index is 1.68. The van der Waals surface area contributed by atoms with E-state index in [2.05, 4.69) is 10.2 Å². The van der Waals surface area contributed by atoms with Gasteiger partial charge >= 0.3 is 0 Å². The van der Waals surface area contributed by atoms with Gasteiger partial charge in [0.15, 0.2) is 0 Å². The molecule has 1 aromatic heterocycles. The van der Waals surface area contributed by atoms with Crippen LogP contribution in [0.2, 0.25) is 0 Å². The van der Waals surface area contributed by atoms with Crippen LogP contribution in [0.1, 0.15) is 60.9 Å². The average Bonchev–Trinajstić information content (AvgIpc) is 2.87. The van der Waals surface area contributed by atoms with Crippen LogP contribution >= 0.6 is 11.3 Å². The molecule has 3 nitrogen and oxygen atoms in total. The maximum absolute atomic E-state index is 5.61. The molecule has 0 bridgehead atoms. The minimum Gasteiger partial charge on any atom is -0.324 e. The van der Waals surface area contributed by atoms with Crippen LogP contribution in [-0.4, -0.2) is 10.2 Å². The third-order valence-electron chi connectivity index (χ3n) is 4.55. The van der Waals surface area contributed by atoms with E-state index in [0.29, 0.717) is 12.5 Å². The van der Waals surface area contributed by atoms with E-state index in [1.54, 1.807) is 11.3 Å². The molecule has 3 rings (SSSR count). The summed E-state index contributed by atoms with van der Waals surface area (Å²) in [7, 11) is 0. The zero-order valence-corrected chi connectivity index (χ0v) is 11.1. The van der Waals surface area contributed by atoms with Gasteiger partial charge in [0.05, 0.1) is 0 Å². The van der Waals surface area contributed by atoms with Crippen molar-refractivity contribution in [1.82, 2.24) is 10.2 Å². The van der Waals surface area contributed by atoms with Crippen molar-refractivity contribution in [2.75, 3.05) is 0 Å². The van der Waals surface area contributed by atoms with Crippen molar-refractivity contribution in [2.24, 2.45) is 17.6 Å². The summed E-state index contributed by atoms with van der Waals surface area (Å²) < 4.78 is 0. The van der Waals surface area contributed by atoms with E-state index in [1.165, 1.54) is 50.0 Å². The van der Waals surface area contributed by atoms with Gasteiger partial charge in [0.1, 0.15) is 10.0 Å². The molecule has 1 aromatic rings. The van der Waals surface area contributed by atoms with Crippen molar-refractivity contribution in [3.05, 3.63) is 10.0 Å². The van der Waals surface area contributed by atoms with Gasteiger partial charge in [0.2, 0.25) is 0 Å². The summed E-state index contributed by atoms with van der Waals surface area (Å²) in [5.41, 5.74) is 5.61. The molecule has 1 heterocycles. The lowest BCUT2D eigenvalue weighted by atomic mass is 9.68. The molecule has 2 saturated carbocycles. The van der Waals surface area contributed by atoms with Crippen molar-refractivity contribution in [3.63, 3.8) is 0 Å². The fraction of sp³-hybridized carbons (Fsp3) is 0.846. The minimum absolute atomic E-state index is 0.538. The second-order valence-electron chi connectivity index (χ2n) is 5.55. The molecule has 3 atom stereocenters. The number of fused-ring (bicyclic) bond motifs is 1. The van der Waals surface area contributed by atoms with E-state index < -0.39 is 0 Å². The standard InChI is InChI=1S/C13H21N3S/c14-8-12-15-16-13(17-12)11-6-5-9-3-1-2-4-10(9)7-11/h9-11H,1-8,14H2. The molecule has 0 saturated heterocycles. The lowest BCUT2D eigenvalue weighted by Gasteiger charge is -2.38. The molecular weight excluding hydrogens is 230 g/mol. The number of hydrogen-bond acceptors (Lipinski definition) is 4. The molecule has 0 aromatic carbocycles. The highest BCUT2D eigenvalue weighted by atomic mass is 32.1. The van der Waals surface area contributed by atoms with Crippen molar-refractivity contribution >= 4 is 11.3 Å². The van der Waals surface area contributed by atoms with Crippen molar-refractivity contribution in [1.29, 1.82) is 0 Å². The summed E-state index contributed by atoms with van der Waals surface area (Å²) in [6.45, 7) is 0.538. The third kappa shape index (κ3) is 2.38. The van der Waals surface area contributed by atoms with E-state index in [9.17, 15) is 0 Å². The third-order valence-corrected chi connectivity index (χ3v) is 5.65. The first-order valence-electron chi connectivity index (χ1n) is 6.89. The van der Waals surface area contributed by atoms with Crippen molar-refractivity contribution < 1.29 is 0 Å². The zero-order chi connectivity index (χ0) is 11.7. The summed E-state index contributed by atoms with van der Waals surface area (Å²) in [6, 6.07) is 0. The van der Waals surface area contributed by atoms with Crippen molar-refractivity contribution in [3.8, 4) is 0 Å². The monoisotopic (exact) mass is 251 g/mol. The van der Waals surface area contributed by atoms with Crippen LogP contribution in [-0.2, 0) is 6.54 Å². The molecule has 3 unspecified atom stereocenters. The Labute approximate surface area is 107 Å². The Morgan fingerprint density at radius 2 is 1.88 bits per heavy atom. The van der Waals surface area contributed by atoms with Gasteiger partial charge in [-0.15, -0.1) is 10.2 Å². The molecule has 2 aliphatic rings. The van der Waals surface area contributed by atoms with E-state index >= 15 is 0 Å². The molecule has 2 N–H and O–H groups in total. The van der Waals surface area contributed by atoms with Crippen LogP contribution in [0.15, 0.2) is 0 Å². The van der Waals surface area contributed by atoms with Gasteiger partial charge < -0.3 is 5.73 Å². The minimum atomic E-state index is 0.538. The smallest absolute Gasteiger partial charge is 0.131 e. The van der Waals surface area contributed by atoms with Crippen LogP contribution in [0.3, 0.4) is 0 Å². The first-order chi connectivity index (χ1) is 8.36. The number of nitrogens with zero attached hydrogens (tertiary/aromatic N) is 2. The van der Waals surface area contributed by atoms with E-state index in [1.807, 2.05) is 0 Å². The second kappa shape index (κ2) is 5.02. The number of nitrogens with two attached hydrogens (primary N) is 1. The Kier molecular flexibility index (Phi) is 3.43. The lowest BCUT2D eigenvalue weighted by Crippen LogP contribution is -2.26. The molecule has 94 valence electrons. The summed E-state index contributed by atoms with van der Waals surface area (Å²) in [5, 5.41) is 10.7. The Hall–Kier alpha value is -0.480. The van der Waals surface area contributed by atoms with E-state index in [-0.39, 0.29) is 0 Å². The number of hydrogen-bond donors (Lipinski definition) is 1. The van der Waals surface area contributed by atoms with Crippen molar-refractivity contribution in [2.45, 2.75) is 57.4 Å².